The molecule has 1 amide bonds. The Bertz CT molecular complexity index is 981. The lowest BCUT2D eigenvalue weighted by Gasteiger charge is -2.53. The van der Waals surface area contributed by atoms with Crippen molar-refractivity contribution in [3.8, 4) is 11.5 Å². The standard InChI is InChI=1S/C24H29N3O4/c1-29-21-7-4-18(14-22(21)30-2)24(15-31-16-24)27-11-9-26(10-12-27)19-5-6-20-17(13-19)3-8-23(28)25-20/h4-7,13-14H,3,8-12,15-16H2,1-2H3,(H,25,28). The highest BCUT2D eigenvalue weighted by molar-refractivity contribution is 5.94. The van der Waals surface area contributed by atoms with Gasteiger partial charge in [0, 0.05) is 44.0 Å². The number of hydrogen-bond acceptors (Lipinski definition) is 6. The van der Waals surface area contributed by atoms with Gasteiger partial charge in [-0.25, -0.2) is 0 Å². The van der Waals surface area contributed by atoms with Crippen LogP contribution in [0, 0.1) is 0 Å². The number of carbonyl (C=O) groups is 1. The van der Waals surface area contributed by atoms with E-state index in [-0.39, 0.29) is 11.4 Å². The van der Waals surface area contributed by atoms with E-state index in [1.54, 1.807) is 14.2 Å². The summed E-state index contributed by atoms with van der Waals surface area (Å²) in [6.45, 7) is 5.24. The molecule has 0 spiro atoms. The Labute approximate surface area is 182 Å². The molecule has 1 N–H and O–H groups in total. The van der Waals surface area contributed by atoms with Gasteiger partial charge in [-0.05, 0) is 47.9 Å². The molecule has 2 aromatic rings. The Hall–Kier alpha value is -2.77. The van der Waals surface area contributed by atoms with E-state index < -0.39 is 0 Å². The van der Waals surface area contributed by atoms with Crippen molar-refractivity contribution in [3.05, 3.63) is 47.5 Å². The van der Waals surface area contributed by atoms with Crippen LogP contribution in [0.25, 0.3) is 0 Å². The summed E-state index contributed by atoms with van der Waals surface area (Å²) in [4.78, 5) is 16.6. The highest BCUT2D eigenvalue weighted by atomic mass is 16.5. The van der Waals surface area contributed by atoms with Gasteiger partial charge in [-0.2, -0.15) is 0 Å². The van der Waals surface area contributed by atoms with Crippen molar-refractivity contribution in [2.24, 2.45) is 0 Å². The molecule has 7 heteroatoms. The van der Waals surface area contributed by atoms with E-state index in [1.165, 1.54) is 16.8 Å². The minimum Gasteiger partial charge on any atom is -0.493 e. The molecule has 3 heterocycles. The molecule has 3 aliphatic heterocycles. The normalized spacial score (nSPS) is 20.5. The first-order valence-corrected chi connectivity index (χ1v) is 10.9. The fourth-order valence-electron chi connectivity index (χ4n) is 4.91. The number of hydrogen-bond donors (Lipinski definition) is 1. The third-order valence-corrected chi connectivity index (χ3v) is 6.84. The summed E-state index contributed by atoms with van der Waals surface area (Å²) in [7, 11) is 3.34. The number of methoxy groups -OCH3 is 2. The van der Waals surface area contributed by atoms with Crippen LogP contribution >= 0.6 is 0 Å². The monoisotopic (exact) mass is 423 g/mol. The Kier molecular flexibility index (Phi) is 5.24. The number of ether oxygens (including phenoxy) is 3. The van der Waals surface area contributed by atoms with Gasteiger partial charge in [0.25, 0.3) is 0 Å². The Morgan fingerprint density at radius 2 is 1.71 bits per heavy atom. The zero-order valence-electron chi connectivity index (χ0n) is 18.1. The summed E-state index contributed by atoms with van der Waals surface area (Å²) >= 11 is 0. The molecule has 0 aromatic heterocycles. The van der Waals surface area contributed by atoms with Gasteiger partial charge < -0.3 is 24.4 Å². The number of rotatable bonds is 5. The number of benzene rings is 2. The van der Waals surface area contributed by atoms with Crippen molar-refractivity contribution in [1.82, 2.24) is 4.90 Å². The van der Waals surface area contributed by atoms with E-state index in [2.05, 4.69) is 39.4 Å². The molecule has 0 aliphatic carbocycles. The molecule has 7 nitrogen and oxygen atoms in total. The second kappa shape index (κ2) is 8.05. The maximum Gasteiger partial charge on any atom is 0.224 e. The smallest absolute Gasteiger partial charge is 0.224 e. The summed E-state index contributed by atoms with van der Waals surface area (Å²) in [5.41, 5.74) is 4.53. The van der Waals surface area contributed by atoms with Gasteiger partial charge in [-0.15, -0.1) is 0 Å². The van der Waals surface area contributed by atoms with Crippen molar-refractivity contribution < 1.29 is 19.0 Å². The van der Waals surface area contributed by atoms with Gasteiger partial charge in [0.2, 0.25) is 5.91 Å². The average Bonchev–Trinajstić information content (AvgIpc) is 2.78. The van der Waals surface area contributed by atoms with Crippen LogP contribution in [0.4, 0.5) is 11.4 Å². The topological polar surface area (TPSA) is 63.3 Å². The SMILES string of the molecule is COc1ccc(C2(N3CCN(c4ccc5c(c4)CCC(=O)N5)CC3)COC2)cc1OC. The second-order valence-corrected chi connectivity index (χ2v) is 8.46. The number of carbonyl (C=O) groups excluding carboxylic acids is 1. The Morgan fingerprint density at radius 3 is 2.39 bits per heavy atom. The lowest BCUT2D eigenvalue weighted by atomic mass is 9.85. The van der Waals surface area contributed by atoms with E-state index in [9.17, 15) is 4.79 Å². The Balaban J connectivity index is 1.31. The summed E-state index contributed by atoms with van der Waals surface area (Å²) in [6.07, 6.45) is 1.38. The lowest BCUT2D eigenvalue weighted by Crippen LogP contribution is -2.64. The number of aryl methyl sites for hydroxylation is 1. The fraction of sp³-hybridized carbons (Fsp3) is 0.458. The van der Waals surface area contributed by atoms with E-state index >= 15 is 0 Å². The number of amides is 1. The molecule has 2 saturated heterocycles. The van der Waals surface area contributed by atoms with Crippen LogP contribution in [0.2, 0.25) is 0 Å². The third-order valence-electron chi connectivity index (χ3n) is 6.84. The summed E-state index contributed by atoms with van der Waals surface area (Å²) < 4.78 is 16.6. The number of nitrogens with one attached hydrogen (secondary N) is 1. The molecule has 3 aliphatic rings. The lowest BCUT2D eigenvalue weighted by molar-refractivity contribution is -0.148. The predicted molar refractivity (Wildman–Crippen MR) is 119 cm³/mol. The van der Waals surface area contributed by atoms with Crippen molar-refractivity contribution >= 4 is 17.3 Å². The predicted octanol–water partition coefficient (Wildman–Crippen LogP) is 2.64. The molecule has 164 valence electrons. The molecular formula is C24H29N3O4. The zero-order chi connectivity index (χ0) is 21.4. The quantitative estimate of drug-likeness (QED) is 0.798. The van der Waals surface area contributed by atoms with Crippen LogP contribution in [0.3, 0.4) is 0 Å². The fourth-order valence-corrected chi connectivity index (χ4v) is 4.91. The van der Waals surface area contributed by atoms with Gasteiger partial charge in [0.05, 0.1) is 33.0 Å². The second-order valence-electron chi connectivity index (χ2n) is 8.46. The van der Waals surface area contributed by atoms with Crippen LogP contribution < -0.4 is 19.7 Å². The van der Waals surface area contributed by atoms with E-state index in [4.69, 9.17) is 14.2 Å². The van der Waals surface area contributed by atoms with Crippen molar-refractivity contribution in [2.45, 2.75) is 18.4 Å². The molecule has 0 radical (unpaired) electrons. The maximum absolute atomic E-state index is 11.6. The molecule has 0 atom stereocenters. The van der Waals surface area contributed by atoms with E-state index in [0.717, 1.165) is 49.8 Å². The summed E-state index contributed by atoms with van der Waals surface area (Å²) in [6, 6.07) is 12.6. The first-order chi connectivity index (χ1) is 15.1. The van der Waals surface area contributed by atoms with E-state index in [1.807, 2.05) is 12.1 Å². The largest absolute Gasteiger partial charge is 0.493 e. The van der Waals surface area contributed by atoms with Crippen molar-refractivity contribution in [1.29, 1.82) is 0 Å². The minimum atomic E-state index is -0.105. The molecule has 0 bridgehead atoms. The van der Waals surface area contributed by atoms with Crippen LogP contribution in [0.15, 0.2) is 36.4 Å². The summed E-state index contributed by atoms with van der Waals surface area (Å²) in [5, 5.41) is 2.97. The molecule has 0 saturated carbocycles. The van der Waals surface area contributed by atoms with Gasteiger partial charge in [-0.3, -0.25) is 9.69 Å². The molecule has 31 heavy (non-hydrogen) atoms. The molecule has 2 fully saturated rings. The maximum atomic E-state index is 11.6. The first kappa shape index (κ1) is 20.2. The van der Waals surface area contributed by atoms with Crippen molar-refractivity contribution in [2.75, 3.05) is 63.8 Å². The number of anilines is 2. The molecule has 2 aromatic carbocycles. The van der Waals surface area contributed by atoms with Gasteiger partial charge in [0.1, 0.15) is 0 Å². The highest BCUT2D eigenvalue weighted by Gasteiger charge is 2.46. The van der Waals surface area contributed by atoms with Gasteiger partial charge in [-0.1, -0.05) is 6.07 Å². The van der Waals surface area contributed by atoms with Crippen LogP contribution in [0.5, 0.6) is 11.5 Å². The summed E-state index contributed by atoms with van der Waals surface area (Å²) in [5.74, 6) is 1.61. The highest BCUT2D eigenvalue weighted by Crippen LogP contribution is 2.41. The van der Waals surface area contributed by atoms with Gasteiger partial charge in [0.15, 0.2) is 11.5 Å². The molecule has 5 rings (SSSR count). The van der Waals surface area contributed by atoms with E-state index in [0.29, 0.717) is 19.6 Å². The first-order valence-electron chi connectivity index (χ1n) is 10.9. The molecular weight excluding hydrogens is 394 g/mol. The molecule has 0 unspecified atom stereocenters. The van der Waals surface area contributed by atoms with Gasteiger partial charge >= 0.3 is 0 Å². The number of nitrogens with zero attached hydrogens (tertiary/aromatic N) is 2. The zero-order valence-corrected chi connectivity index (χ0v) is 18.1. The average molecular weight is 424 g/mol. The van der Waals surface area contributed by atoms with Crippen LogP contribution in [-0.4, -0.2) is 64.4 Å². The van der Waals surface area contributed by atoms with Crippen LogP contribution in [-0.2, 0) is 21.5 Å². The number of fused-ring (bicyclic) bond motifs is 1. The number of piperazine rings is 1. The Morgan fingerprint density at radius 1 is 0.935 bits per heavy atom. The minimum absolute atomic E-state index is 0.105. The third kappa shape index (κ3) is 3.51. The van der Waals surface area contributed by atoms with Crippen LogP contribution in [0.1, 0.15) is 17.5 Å². The van der Waals surface area contributed by atoms with Crippen molar-refractivity contribution in [3.63, 3.8) is 0 Å².